The number of carbonyl (C=O) groups excluding carboxylic acids is 1. The number of aryl methyl sites for hydroxylation is 1. The van der Waals surface area contributed by atoms with E-state index in [4.69, 9.17) is 4.74 Å². The number of para-hydroxylation sites is 2. The van der Waals surface area contributed by atoms with Crippen LogP contribution in [0.4, 0.5) is 10.7 Å². The minimum Gasteiger partial charge on any atom is -0.490 e. The van der Waals surface area contributed by atoms with Crippen LogP contribution in [-0.4, -0.2) is 43.6 Å². The molecule has 0 radical (unpaired) electrons. The van der Waals surface area contributed by atoms with E-state index in [-0.39, 0.29) is 5.91 Å². The van der Waals surface area contributed by atoms with Crippen LogP contribution in [0.3, 0.4) is 0 Å². The molecule has 1 N–H and O–H groups in total. The predicted molar refractivity (Wildman–Crippen MR) is 135 cm³/mol. The van der Waals surface area contributed by atoms with E-state index in [1.165, 1.54) is 11.1 Å². The Labute approximate surface area is 200 Å². The maximum Gasteiger partial charge on any atom is 0.261 e. The molecule has 33 heavy (non-hydrogen) atoms. The van der Waals surface area contributed by atoms with Gasteiger partial charge in [0.15, 0.2) is 0 Å². The van der Waals surface area contributed by atoms with E-state index in [9.17, 15) is 4.79 Å². The van der Waals surface area contributed by atoms with Crippen LogP contribution >= 0.6 is 11.3 Å². The van der Waals surface area contributed by atoms with Crippen molar-refractivity contribution in [2.45, 2.75) is 26.3 Å². The molecule has 0 unspecified atom stereocenters. The highest BCUT2D eigenvalue weighted by molar-refractivity contribution is 7.18. The van der Waals surface area contributed by atoms with E-state index in [0.29, 0.717) is 12.5 Å². The summed E-state index contributed by atoms with van der Waals surface area (Å²) in [5.41, 5.74) is 3.75. The molecular formula is C27H31N3O2S. The maximum atomic E-state index is 12.8. The second kappa shape index (κ2) is 9.98. The molecule has 1 aromatic heterocycles. The Hall–Kier alpha value is -2.83. The molecule has 1 saturated heterocycles. The summed E-state index contributed by atoms with van der Waals surface area (Å²) in [6, 6.07) is 20.9. The standard InChI is InChI=1S/C27H31N3O2S/c1-20-6-8-22(9-7-20)19-29-14-12-21(13-15-29)18-28-27(31)25-10-11-26(33-25)30-16-17-32-24-5-3-2-4-23(24)30/h2-11,21H,12-19H2,1H3,(H,28,31). The van der Waals surface area contributed by atoms with Gasteiger partial charge in [-0.1, -0.05) is 42.0 Å². The lowest BCUT2D eigenvalue weighted by atomic mass is 9.96. The van der Waals surface area contributed by atoms with Gasteiger partial charge in [0.05, 0.1) is 22.1 Å². The summed E-state index contributed by atoms with van der Waals surface area (Å²) in [5.74, 6) is 1.49. The lowest BCUT2D eigenvalue weighted by molar-refractivity contribution is 0.0939. The zero-order valence-electron chi connectivity index (χ0n) is 19.1. The van der Waals surface area contributed by atoms with Gasteiger partial charge in [-0.05, 0) is 68.6 Å². The number of thiophene rings is 1. The van der Waals surface area contributed by atoms with E-state index < -0.39 is 0 Å². The molecule has 0 saturated carbocycles. The molecule has 0 aliphatic carbocycles. The van der Waals surface area contributed by atoms with Gasteiger partial charge in [0.2, 0.25) is 0 Å². The molecule has 2 aromatic carbocycles. The molecule has 5 nitrogen and oxygen atoms in total. The van der Waals surface area contributed by atoms with Crippen LogP contribution in [0.1, 0.15) is 33.6 Å². The number of hydrogen-bond donors (Lipinski definition) is 1. The van der Waals surface area contributed by atoms with Gasteiger partial charge in [0, 0.05) is 13.1 Å². The van der Waals surface area contributed by atoms with E-state index >= 15 is 0 Å². The van der Waals surface area contributed by atoms with Crippen molar-refractivity contribution in [3.05, 3.63) is 76.7 Å². The molecule has 1 fully saturated rings. The lowest BCUT2D eigenvalue weighted by Crippen LogP contribution is -2.38. The van der Waals surface area contributed by atoms with Gasteiger partial charge >= 0.3 is 0 Å². The molecule has 172 valence electrons. The second-order valence-electron chi connectivity index (χ2n) is 9.02. The highest BCUT2D eigenvalue weighted by atomic mass is 32.1. The average molecular weight is 462 g/mol. The molecule has 0 spiro atoms. The minimum absolute atomic E-state index is 0.0369. The number of carbonyl (C=O) groups is 1. The van der Waals surface area contributed by atoms with Crippen molar-refractivity contribution in [1.82, 2.24) is 10.2 Å². The zero-order valence-corrected chi connectivity index (χ0v) is 19.9. The number of benzene rings is 2. The van der Waals surface area contributed by atoms with Gasteiger partial charge in [0.1, 0.15) is 12.4 Å². The predicted octanol–water partition coefficient (Wildman–Crippen LogP) is 5.23. The van der Waals surface area contributed by atoms with Crippen molar-refractivity contribution >= 4 is 27.9 Å². The zero-order chi connectivity index (χ0) is 22.6. The number of amides is 1. The third-order valence-corrected chi connectivity index (χ3v) is 7.70. The normalized spacial score (nSPS) is 16.8. The van der Waals surface area contributed by atoms with Crippen LogP contribution in [0, 0.1) is 12.8 Å². The Morgan fingerprint density at radius 1 is 1.03 bits per heavy atom. The number of anilines is 2. The van der Waals surface area contributed by atoms with Crippen LogP contribution in [0.15, 0.2) is 60.7 Å². The quantitative estimate of drug-likeness (QED) is 0.546. The van der Waals surface area contributed by atoms with Gasteiger partial charge in [-0.25, -0.2) is 0 Å². The first-order valence-corrected chi connectivity index (χ1v) is 12.6. The molecule has 1 amide bonds. The van der Waals surface area contributed by atoms with Crippen LogP contribution in [-0.2, 0) is 6.54 Å². The van der Waals surface area contributed by atoms with Crippen LogP contribution in [0.2, 0.25) is 0 Å². The lowest BCUT2D eigenvalue weighted by Gasteiger charge is -2.32. The van der Waals surface area contributed by atoms with Gasteiger partial charge in [-0.2, -0.15) is 0 Å². The van der Waals surface area contributed by atoms with Crippen LogP contribution in [0.25, 0.3) is 0 Å². The fourth-order valence-electron chi connectivity index (χ4n) is 4.62. The average Bonchev–Trinajstić information content (AvgIpc) is 3.35. The first-order chi connectivity index (χ1) is 16.2. The summed E-state index contributed by atoms with van der Waals surface area (Å²) in [6.45, 7) is 7.52. The maximum absolute atomic E-state index is 12.8. The van der Waals surface area contributed by atoms with Gasteiger partial charge < -0.3 is 15.0 Å². The van der Waals surface area contributed by atoms with Crippen molar-refractivity contribution in [3.8, 4) is 5.75 Å². The Morgan fingerprint density at radius 2 is 1.82 bits per heavy atom. The largest absolute Gasteiger partial charge is 0.490 e. The summed E-state index contributed by atoms with van der Waals surface area (Å²) in [4.78, 5) is 18.3. The number of nitrogens with zero attached hydrogens (tertiary/aromatic N) is 2. The topological polar surface area (TPSA) is 44.8 Å². The minimum atomic E-state index is 0.0369. The summed E-state index contributed by atoms with van der Waals surface area (Å²) in [5, 5.41) is 4.27. The Balaban J connectivity index is 1.11. The molecular weight excluding hydrogens is 430 g/mol. The molecule has 0 atom stereocenters. The first kappa shape index (κ1) is 22.0. The second-order valence-corrected chi connectivity index (χ2v) is 10.1. The fraction of sp³-hybridized carbons (Fsp3) is 0.370. The monoisotopic (exact) mass is 461 g/mol. The molecule has 2 aliphatic rings. The van der Waals surface area contributed by atoms with Crippen molar-refractivity contribution < 1.29 is 9.53 Å². The smallest absolute Gasteiger partial charge is 0.261 e. The van der Waals surface area contributed by atoms with Gasteiger partial charge in [-0.15, -0.1) is 11.3 Å². The number of piperidine rings is 1. The van der Waals surface area contributed by atoms with E-state index in [1.54, 1.807) is 11.3 Å². The Kier molecular flexibility index (Phi) is 6.65. The summed E-state index contributed by atoms with van der Waals surface area (Å²) in [6.07, 6.45) is 2.26. The number of fused-ring (bicyclic) bond motifs is 1. The molecule has 6 heteroatoms. The Bertz CT molecular complexity index is 1090. The van der Waals surface area contributed by atoms with Crippen molar-refractivity contribution in [1.29, 1.82) is 0 Å². The van der Waals surface area contributed by atoms with E-state index in [0.717, 1.165) is 66.9 Å². The highest BCUT2D eigenvalue weighted by Gasteiger charge is 2.23. The number of likely N-dealkylation sites (tertiary alicyclic amines) is 1. The van der Waals surface area contributed by atoms with Crippen molar-refractivity contribution in [3.63, 3.8) is 0 Å². The Morgan fingerprint density at radius 3 is 2.64 bits per heavy atom. The van der Waals surface area contributed by atoms with Crippen LogP contribution in [0.5, 0.6) is 5.75 Å². The molecule has 2 aliphatic heterocycles. The van der Waals surface area contributed by atoms with Crippen molar-refractivity contribution in [2.24, 2.45) is 5.92 Å². The number of ether oxygens (including phenoxy) is 1. The third-order valence-electron chi connectivity index (χ3n) is 6.60. The van der Waals surface area contributed by atoms with E-state index in [2.05, 4.69) is 52.4 Å². The molecule has 3 heterocycles. The molecule has 3 aromatic rings. The summed E-state index contributed by atoms with van der Waals surface area (Å²) >= 11 is 1.55. The third kappa shape index (κ3) is 5.23. The van der Waals surface area contributed by atoms with Gasteiger partial charge in [0.25, 0.3) is 5.91 Å². The number of nitrogens with one attached hydrogen (secondary N) is 1. The first-order valence-electron chi connectivity index (χ1n) is 11.8. The molecule has 0 bridgehead atoms. The summed E-state index contributed by atoms with van der Waals surface area (Å²) < 4.78 is 5.76. The van der Waals surface area contributed by atoms with E-state index in [1.807, 2.05) is 30.3 Å². The fourth-order valence-corrected chi connectivity index (χ4v) is 5.58. The van der Waals surface area contributed by atoms with Gasteiger partial charge in [-0.3, -0.25) is 9.69 Å². The highest BCUT2D eigenvalue weighted by Crippen LogP contribution is 2.39. The summed E-state index contributed by atoms with van der Waals surface area (Å²) in [7, 11) is 0. The molecule has 5 rings (SSSR count). The van der Waals surface area contributed by atoms with Crippen molar-refractivity contribution in [2.75, 3.05) is 37.7 Å². The SMILES string of the molecule is Cc1ccc(CN2CCC(CNC(=O)c3ccc(N4CCOc5ccccc54)s3)CC2)cc1. The van der Waals surface area contributed by atoms with Crippen LogP contribution < -0.4 is 15.0 Å². The number of hydrogen-bond acceptors (Lipinski definition) is 5. The number of rotatable bonds is 6.